The molecule has 1 aliphatic heterocycles. The molecule has 1 N–H and O–H groups in total. The van der Waals surface area contributed by atoms with Crippen LogP contribution in [0.15, 0.2) is 12.1 Å². The van der Waals surface area contributed by atoms with Gasteiger partial charge in [-0.1, -0.05) is 19.3 Å². The SMILES string of the molecule is O=C(c1cc(F)c(O)c(F)c1)N1CCO[C@H](C2CCCCC2)C1. The summed E-state index contributed by atoms with van der Waals surface area (Å²) in [5.74, 6) is -3.26. The van der Waals surface area contributed by atoms with Crippen molar-refractivity contribution >= 4 is 5.91 Å². The Morgan fingerprint density at radius 2 is 1.83 bits per heavy atom. The van der Waals surface area contributed by atoms with E-state index in [4.69, 9.17) is 9.84 Å². The summed E-state index contributed by atoms with van der Waals surface area (Å²) < 4.78 is 32.7. The fourth-order valence-corrected chi connectivity index (χ4v) is 3.52. The van der Waals surface area contributed by atoms with Crippen LogP contribution in [-0.2, 0) is 4.74 Å². The predicted molar refractivity (Wildman–Crippen MR) is 80.2 cm³/mol. The predicted octanol–water partition coefficient (Wildman–Crippen LogP) is 3.09. The molecule has 4 nitrogen and oxygen atoms in total. The van der Waals surface area contributed by atoms with Crippen molar-refractivity contribution in [2.24, 2.45) is 5.92 Å². The first kappa shape index (κ1) is 16.2. The minimum absolute atomic E-state index is 0.000177. The number of hydrogen-bond donors (Lipinski definition) is 1. The lowest BCUT2D eigenvalue weighted by Gasteiger charge is -2.38. The van der Waals surface area contributed by atoms with Gasteiger partial charge in [-0.05, 0) is 30.9 Å². The first-order valence-corrected chi connectivity index (χ1v) is 8.15. The van der Waals surface area contributed by atoms with Crippen LogP contribution >= 0.6 is 0 Å². The summed E-state index contributed by atoms with van der Waals surface area (Å²) >= 11 is 0. The normalized spacial score (nSPS) is 23.0. The van der Waals surface area contributed by atoms with Crippen LogP contribution in [0.4, 0.5) is 8.78 Å². The lowest BCUT2D eigenvalue weighted by molar-refractivity contribution is -0.0562. The Morgan fingerprint density at radius 1 is 1.17 bits per heavy atom. The zero-order chi connectivity index (χ0) is 16.4. The van der Waals surface area contributed by atoms with E-state index in [1.165, 1.54) is 19.3 Å². The molecular formula is C17H21F2NO3. The van der Waals surface area contributed by atoms with Gasteiger partial charge in [0, 0.05) is 18.7 Å². The van der Waals surface area contributed by atoms with Crippen LogP contribution in [0.3, 0.4) is 0 Å². The minimum atomic E-state index is -1.12. The highest BCUT2D eigenvalue weighted by atomic mass is 19.1. The van der Waals surface area contributed by atoms with Gasteiger partial charge in [0.25, 0.3) is 5.91 Å². The van der Waals surface area contributed by atoms with E-state index >= 15 is 0 Å². The fraction of sp³-hybridized carbons (Fsp3) is 0.588. The summed E-state index contributed by atoms with van der Waals surface area (Å²) in [5.41, 5.74) is -0.0814. The molecule has 1 aromatic carbocycles. The number of ether oxygens (including phenoxy) is 1. The molecule has 23 heavy (non-hydrogen) atoms. The highest BCUT2D eigenvalue weighted by Crippen LogP contribution is 2.30. The highest BCUT2D eigenvalue weighted by molar-refractivity contribution is 5.94. The second-order valence-corrected chi connectivity index (χ2v) is 6.35. The van der Waals surface area contributed by atoms with Gasteiger partial charge in [-0.2, -0.15) is 0 Å². The van der Waals surface area contributed by atoms with E-state index in [1.807, 2.05) is 0 Å². The van der Waals surface area contributed by atoms with E-state index in [1.54, 1.807) is 4.90 Å². The van der Waals surface area contributed by atoms with Crippen LogP contribution in [-0.4, -0.2) is 41.7 Å². The molecule has 1 aliphatic carbocycles. The van der Waals surface area contributed by atoms with Crippen molar-refractivity contribution in [1.29, 1.82) is 0 Å². The van der Waals surface area contributed by atoms with Gasteiger partial charge < -0.3 is 14.7 Å². The van der Waals surface area contributed by atoms with Gasteiger partial charge in [0.05, 0.1) is 12.7 Å². The van der Waals surface area contributed by atoms with Crippen molar-refractivity contribution in [3.8, 4) is 5.75 Å². The zero-order valence-electron chi connectivity index (χ0n) is 12.9. The number of carbonyl (C=O) groups excluding carboxylic acids is 1. The molecule has 1 atom stereocenters. The molecule has 0 aromatic heterocycles. The number of carbonyl (C=O) groups is 1. The van der Waals surface area contributed by atoms with Crippen molar-refractivity contribution in [2.45, 2.75) is 38.2 Å². The maximum absolute atomic E-state index is 13.4. The first-order chi connectivity index (χ1) is 11.1. The molecule has 0 spiro atoms. The smallest absolute Gasteiger partial charge is 0.254 e. The summed E-state index contributed by atoms with van der Waals surface area (Å²) in [5, 5.41) is 9.14. The Labute approximate surface area is 134 Å². The summed E-state index contributed by atoms with van der Waals surface area (Å²) in [4.78, 5) is 14.1. The summed E-state index contributed by atoms with van der Waals surface area (Å²) in [6.45, 7) is 1.30. The zero-order valence-corrected chi connectivity index (χ0v) is 12.9. The maximum Gasteiger partial charge on any atom is 0.254 e. The third-order valence-corrected chi connectivity index (χ3v) is 4.82. The Kier molecular flexibility index (Phi) is 4.80. The van der Waals surface area contributed by atoms with E-state index in [9.17, 15) is 13.6 Å². The molecule has 6 heteroatoms. The maximum atomic E-state index is 13.4. The third-order valence-electron chi connectivity index (χ3n) is 4.82. The van der Waals surface area contributed by atoms with Gasteiger partial charge in [0.2, 0.25) is 0 Å². The number of hydrogen-bond acceptors (Lipinski definition) is 3. The van der Waals surface area contributed by atoms with Crippen molar-refractivity contribution in [3.05, 3.63) is 29.3 Å². The van der Waals surface area contributed by atoms with Gasteiger partial charge in [-0.3, -0.25) is 4.79 Å². The second-order valence-electron chi connectivity index (χ2n) is 6.35. The number of morpholine rings is 1. The molecule has 126 valence electrons. The van der Waals surface area contributed by atoms with Crippen LogP contribution in [0, 0.1) is 17.6 Å². The lowest BCUT2D eigenvalue weighted by atomic mass is 9.84. The number of aromatic hydroxyl groups is 1. The molecule has 1 saturated carbocycles. The Balaban J connectivity index is 1.71. The molecule has 2 fully saturated rings. The molecule has 1 amide bonds. The Bertz CT molecular complexity index is 564. The first-order valence-electron chi connectivity index (χ1n) is 8.15. The van der Waals surface area contributed by atoms with Crippen molar-refractivity contribution in [3.63, 3.8) is 0 Å². The number of rotatable bonds is 2. The number of phenols is 1. The molecule has 1 aromatic rings. The van der Waals surface area contributed by atoms with E-state index in [0.29, 0.717) is 25.6 Å². The fourth-order valence-electron chi connectivity index (χ4n) is 3.52. The average Bonchev–Trinajstić information content (AvgIpc) is 2.59. The third kappa shape index (κ3) is 3.47. The Hall–Kier alpha value is -1.69. The van der Waals surface area contributed by atoms with Crippen LogP contribution in [0.2, 0.25) is 0 Å². The molecule has 0 bridgehead atoms. The molecule has 0 unspecified atom stereocenters. The lowest BCUT2D eigenvalue weighted by Crippen LogP contribution is -2.48. The van der Waals surface area contributed by atoms with E-state index in [2.05, 4.69) is 0 Å². The minimum Gasteiger partial charge on any atom is -0.503 e. The largest absolute Gasteiger partial charge is 0.503 e. The van der Waals surface area contributed by atoms with Crippen molar-refractivity contribution in [1.82, 2.24) is 4.90 Å². The van der Waals surface area contributed by atoms with E-state index < -0.39 is 23.3 Å². The van der Waals surface area contributed by atoms with E-state index in [-0.39, 0.29) is 11.7 Å². The van der Waals surface area contributed by atoms with Crippen LogP contribution in [0.5, 0.6) is 5.75 Å². The number of phenolic OH excluding ortho intramolecular Hbond substituents is 1. The topological polar surface area (TPSA) is 49.8 Å². The summed E-state index contributed by atoms with van der Waals surface area (Å²) in [6, 6.07) is 1.76. The molecule has 3 rings (SSSR count). The Morgan fingerprint density at radius 3 is 2.48 bits per heavy atom. The molecule has 0 radical (unpaired) electrons. The van der Waals surface area contributed by atoms with Crippen LogP contribution < -0.4 is 0 Å². The summed E-state index contributed by atoms with van der Waals surface area (Å²) in [7, 11) is 0. The number of nitrogens with zero attached hydrogens (tertiary/aromatic N) is 1. The molecule has 1 heterocycles. The number of halogens is 2. The average molecular weight is 325 g/mol. The van der Waals surface area contributed by atoms with Crippen molar-refractivity contribution < 1.29 is 23.4 Å². The van der Waals surface area contributed by atoms with Crippen LogP contribution in [0.1, 0.15) is 42.5 Å². The second kappa shape index (κ2) is 6.83. The number of benzene rings is 1. The van der Waals surface area contributed by atoms with Crippen LogP contribution in [0.25, 0.3) is 0 Å². The highest BCUT2D eigenvalue weighted by Gasteiger charge is 2.31. The molecular weight excluding hydrogens is 304 g/mol. The van der Waals surface area contributed by atoms with Gasteiger partial charge in [-0.25, -0.2) is 8.78 Å². The van der Waals surface area contributed by atoms with Gasteiger partial charge in [0.15, 0.2) is 17.4 Å². The van der Waals surface area contributed by atoms with Gasteiger partial charge in [-0.15, -0.1) is 0 Å². The van der Waals surface area contributed by atoms with Crippen molar-refractivity contribution in [2.75, 3.05) is 19.7 Å². The standard InChI is InChI=1S/C17H21F2NO3/c18-13-8-12(9-14(19)16(13)21)17(22)20-6-7-23-15(10-20)11-4-2-1-3-5-11/h8-9,11,15,21H,1-7,10H2/t15-/m0/s1. The monoisotopic (exact) mass is 325 g/mol. The molecule has 2 aliphatic rings. The number of amides is 1. The molecule has 1 saturated heterocycles. The van der Waals surface area contributed by atoms with Gasteiger partial charge in [0.1, 0.15) is 0 Å². The van der Waals surface area contributed by atoms with Gasteiger partial charge >= 0.3 is 0 Å². The quantitative estimate of drug-likeness (QED) is 0.909. The summed E-state index contributed by atoms with van der Waals surface area (Å²) in [6.07, 6.45) is 5.84. The van der Waals surface area contributed by atoms with E-state index in [0.717, 1.165) is 25.0 Å².